The molecule has 166 valence electrons. The highest BCUT2D eigenvalue weighted by atomic mass is 35.5. The van der Waals surface area contributed by atoms with Gasteiger partial charge >= 0.3 is 0 Å². The van der Waals surface area contributed by atoms with Gasteiger partial charge in [0.15, 0.2) is 11.5 Å². The van der Waals surface area contributed by atoms with E-state index in [1.165, 1.54) is 0 Å². The van der Waals surface area contributed by atoms with Crippen LogP contribution in [0.1, 0.15) is 37.8 Å². The van der Waals surface area contributed by atoms with E-state index < -0.39 is 6.04 Å². The molecule has 1 N–H and O–H groups in total. The molecule has 3 rings (SSSR count). The van der Waals surface area contributed by atoms with Gasteiger partial charge in [-0.05, 0) is 55.2 Å². The number of hydrogen-bond donors (Lipinski definition) is 1. The number of rotatable bonds is 9. The lowest BCUT2D eigenvalue weighted by molar-refractivity contribution is -0.140. The molecule has 0 aliphatic carbocycles. The van der Waals surface area contributed by atoms with Gasteiger partial charge in [-0.2, -0.15) is 0 Å². The average molecular weight is 465 g/mol. The van der Waals surface area contributed by atoms with Crippen LogP contribution in [0.15, 0.2) is 36.4 Å². The van der Waals surface area contributed by atoms with Gasteiger partial charge in [-0.1, -0.05) is 42.3 Å². The molecule has 31 heavy (non-hydrogen) atoms. The summed E-state index contributed by atoms with van der Waals surface area (Å²) in [5.41, 5.74) is 1.77. The van der Waals surface area contributed by atoms with Crippen LogP contribution in [0.2, 0.25) is 10.0 Å². The molecule has 2 aromatic carbocycles. The van der Waals surface area contributed by atoms with Crippen molar-refractivity contribution < 1.29 is 19.1 Å². The van der Waals surface area contributed by atoms with Gasteiger partial charge in [0.1, 0.15) is 6.04 Å². The molecular formula is C23H26Cl2N2O4. The number of fused-ring (bicyclic) bond motifs is 1. The van der Waals surface area contributed by atoms with E-state index in [0.29, 0.717) is 34.5 Å². The van der Waals surface area contributed by atoms with Crippen molar-refractivity contribution in [1.29, 1.82) is 0 Å². The standard InChI is InChI=1S/C23H26Cl2N2O4/c1-3-10-26-23(29)15(2)27(13-17-4-7-18(24)19(25)11-17)22(28)9-6-16-5-8-20-21(12-16)31-14-30-20/h4-5,7-8,11-12,15H,3,6,9-10,13-14H2,1-2H3,(H,26,29)/t15-/m1/s1. The van der Waals surface area contributed by atoms with Gasteiger partial charge in [-0.15, -0.1) is 0 Å². The molecule has 1 heterocycles. The molecule has 0 radical (unpaired) electrons. The molecule has 0 bridgehead atoms. The molecule has 6 nitrogen and oxygen atoms in total. The minimum Gasteiger partial charge on any atom is -0.454 e. The van der Waals surface area contributed by atoms with Crippen molar-refractivity contribution >= 4 is 35.0 Å². The van der Waals surface area contributed by atoms with Crippen molar-refractivity contribution in [3.8, 4) is 11.5 Å². The summed E-state index contributed by atoms with van der Waals surface area (Å²) in [6.07, 6.45) is 1.60. The molecule has 1 aliphatic heterocycles. The third-order valence-electron chi connectivity index (χ3n) is 5.12. The van der Waals surface area contributed by atoms with Crippen LogP contribution < -0.4 is 14.8 Å². The van der Waals surface area contributed by atoms with E-state index >= 15 is 0 Å². The summed E-state index contributed by atoms with van der Waals surface area (Å²) in [5.74, 6) is 1.09. The zero-order chi connectivity index (χ0) is 22.4. The highest BCUT2D eigenvalue weighted by molar-refractivity contribution is 6.42. The Balaban J connectivity index is 1.72. The molecule has 8 heteroatoms. The quantitative estimate of drug-likeness (QED) is 0.588. The number of benzene rings is 2. The molecule has 0 saturated heterocycles. The minimum absolute atomic E-state index is 0.122. The minimum atomic E-state index is -0.620. The van der Waals surface area contributed by atoms with Crippen LogP contribution in [-0.4, -0.2) is 36.1 Å². The van der Waals surface area contributed by atoms with Crippen molar-refractivity contribution in [2.45, 2.75) is 45.7 Å². The number of nitrogens with one attached hydrogen (secondary N) is 1. The van der Waals surface area contributed by atoms with Crippen LogP contribution >= 0.6 is 23.2 Å². The number of carbonyl (C=O) groups is 2. The Kier molecular flexibility index (Phi) is 8.04. The topological polar surface area (TPSA) is 67.9 Å². The zero-order valence-electron chi connectivity index (χ0n) is 17.6. The van der Waals surface area contributed by atoms with Crippen molar-refractivity contribution in [2.24, 2.45) is 0 Å². The number of halogens is 2. The van der Waals surface area contributed by atoms with E-state index in [9.17, 15) is 9.59 Å². The lowest BCUT2D eigenvalue weighted by Crippen LogP contribution is -2.47. The van der Waals surface area contributed by atoms with Crippen LogP contribution in [-0.2, 0) is 22.6 Å². The SMILES string of the molecule is CCCNC(=O)[C@@H](C)N(Cc1ccc(Cl)c(Cl)c1)C(=O)CCc1ccc2c(c1)OCO2. The fourth-order valence-corrected chi connectivity index (χ4v) is 3.63. The summed E-state index contributed by atoms with van der Waals surface area (Å²) < 4.78 is 10.7. The number of amides is 2. The Morgan fingerprint density at radius 2 is 1.81 bits per heavy atom. The number of nitrogens with zero attached hydrogens (tertiary/aromatic N) is 1. The Labute approximate surface area is 192 Å². The van der Waals surface area contributed by atoms with Gasteiger partial charge in [0.05, 0.1) is 10.0 Å². The molecule has 0 aromatic heterocycles. The monoisotopic (exact) mass is 464 g/mol. The Morgan fingerprint density at radius 3 is 2.55 bits per heavy atom. The van der Waals surface area contributed by atoms with Crippen LogP contribution in [0.4, 0.5) is 0 Å². The van der Waals surface area contributed by atoms with Gasteiger partial charge in [-0.25, -0.2) is 0 Å². The largest absolute Gasteiger partial charge is 0.454 e. The number of hydrogen-bond acceptors (Lipinski definition) is 4. The average Bonchev–Trinajstić information content (AvgIpc) is 3.24. The van der Waals surface area contributed by atoms with E-state index in [1.807, 2.05) is 31.2 Å². The van der Waals surface area contributed by atoms with Gasteiger partial charge in [0.2, 0.25) is 18.6 Å². The smallest absolute Gasteiger partial charge is 0.242 e. The summed E-state index contributed by atoms with van der Waals surface area (Å²) in [5, 5.41) is 3.72. The molecule has 0 spiro atoms. The van der Waals surface area contributed by atoms with Crippen molar-refractivity contribution in [3.05, 3.63) is 57.6 Å². The summed E-state index contributed by atoms with van der Waals surface area (Å²) in [6.45, 7) is 4.75. The maximum Gasteiger partial charge on any atom is 0.242 e. The van der Waals surface area contributed by atoms with Crippen LogP contribution in [0.3, 0.4) is 0 Å². The lowest BCUT2D eigenvalue weighted by Gasteiger charge is -2.29. The molecular weight excluding hydrogens is 439 g/mol. The first-order chi connectivity index (χ1) is 14.9. The maximum atomic E-state index is 13.2. The summed E-state index contributed by atoms with van der Waals surface area (Å²) in [6, 6.07) is 10.2. The summed E-state index contributed by atoms with van der Waals surface area (Å²) >= 11 is 12.2. The van der Waals surface area contributed by atoms with Crippen molar-refractivity contribution in [1.82, 2.24) is 10.2 Å². The third-order valence-corrected chi connectivity index (χ3v) is 5.86. The van der Waals surface area contributed by atoms with Gasteiger partial charge < -0.3 is 19.7 Å². The number of aryl methyl sites for hydroxylation is 1. The van der Waals surface area contributed by atoms with E-state index in [2.05, 4.69) is 5.32 Å². The molecule has 0 unspecified atom stereocenters. The first-order valence-electron chi connectivity index (χ1n) is 10.3. The first-order valence-corrected chi connectivity index (χ1v) is 11.0. The normalized spacial score (nSPS) is 13.0. The van der Waals surface area contributed by atoms with E-state index in [-0.39, 0.29) is 31.6 Å². The fourth-order valence-electron chi connectivity index (χ4n) is 3.30. The van der Waals surface area contributed by atoms with Crippen molar-refractivity contribution in [2.75, 3.05) is 13.3 Å². The molecule has 0 saturated carbocycles. The van der Waals surface area contributed by atoms with E-state index in [1.54, 1.807) is 24.0 Å². The predicted octanol–water partition coefficient (Wildman–Crippen LogP) is 4.60. The van der Waals surface area contributed by atoms with Gasteiger partial charge in [0, 0.05) is 19.5 Å². The summed E-state index contributed by atoms with van der Waals surface area (Å²) in [7, 11) is 0. The number of carbonyl (C=O) groups excluding carboxylic acids is 2. The highest BCUT2D eigenvalue weighted by Crippen LogP contribution is 2.33. The van der Waals surface area contributed by atoms with Crippen molar-refractivity contribution in [3.63, 3.8) is 0 Å². The van der Waals surface area contributed by atoms with Crippen LogP contribution in [0.25, 0.3) is 0 Å². The maximum absolute atomic E-state index is 13.2. The van der Waals surface area contributed by atoms with Crippen LogP contribution in [0, 0.1) is 0 Å². The Hall–Kier alpha value is -2.44. The fraction of sp³-hybridized carbons (Fsp3) is 0.391. The lowest BCUT2D eigenvalue weighted by atomic mass is 10.1. The molecule has 2 amide bonds. The third kappa shape index (κ3) is 6.05. The molecule has 1 aliphatic rings. The van der Waals surface area contributed by atoms with E-state index in [4.69, 9.17) is 32.7 Å². The van der Waals surface area contributed by atoms with E-state index in [0.717, 1.165) is 17.5 Å². The van der Waals surface area contributed by atoms with Gasteiger partial charge in [-0.3, -0.25) is 9.59 Å². The molecule has 1 atom stereocenters. The summed E-state index contributed by atoms with van der Waals surface area (Å²) in [4.78, 5) is 27.3. The second-order valence-corrected chi connectivity index (χ2v) is 8.24. The number of ether oxygens (including phenoxy) is 2. The van der Waals surface area contributed by atoms with Crippen LogP contribution in [0.5, 0.6) is 11.5 Å². The predicted molar refractivity (Wildman–Crippen MR) is 121 cm³/mol. The first kappa shape index (κ1) is 23.2. The highest BCUT2D eigenvalue weighted by Gasteiger charge is 2.26. The zero-order valence-corrected chi connectivity index (χ0v) is 19.1. The molecule has 2 aromatic rings. The second-order valence-electron chi connectivity index (χ2n) is 7.42. The Bertz CT molecular complexity index is 951. The molecule has 0 fully saturated rings. The van der Waals surface area contributed by atoms with Gasteiger partial charge in [0.25, 0.3) is 0 Å². The Morgan fingerprint density at radius 1 is 1.06 bits per heavy atom. The second kappa shape index (κ2) is 10.7.